The highest BCUT2D eigenvalue weighted by atomic mass is 32.2. The predicted molar refractivity (Wildman–Crippen MR) is 83.9 cm³/mol. The van der Waals surface area contributed by atoms with E-state index in [1.54, 1.807) is 0 Å². The number of hydrogen-bond donors (Lipinski definition) is 1. The van der Waals surface area contributed by atoms with Gasteiger partial charge in [-0.25, -0.2) is 0 Å². The van der Waals surface area contributed by atoms with E-state index in [1.807, 2.05) is 13.8 Å². The molecule has 6 nitrogen and oxygen atoms in total. The van der Waals surface area contributed by atoms with E-state index in [4.69, 9.17) is 12.2 Å². The minimum Gasteiger partial charge on any atom is -0.299 e. The quantitative estimate of drug-likeness (QED) is 0.828. The monoisotopic (exact) mass is 330 g/mol. The van der Waals surface area contributed by atoms with Crippen LogP contribution in [0.15, 0.2) is 0 Å². The Bertz CT molecular complexity index is 546. The van der Waals surface area contributed by atoms with Crippen molar-refractivity contribution in [1.82, 2.24) is 15.1 Å². The van der Waals surface area contributed by atoms with Crippen LogP contribution in [-0.4, -0.2) is 43.0 Å². The molecule has 1 saturated heterocycles. The zero-order valence-corrected chi connectivity index (χ0v) is 13.5. The van der Waals surface area contributed by atoms with Crippen molar-refractivity contribution < 1.29 is 9.59 Å². The molecule has 0 saturated carbocycles. The number of anilines is 1. The molecule has 20 heavy (non-hydrogen) atoms. The smallest absolute Gasteiger partial charge is 0.246 e. The standard InChI is InChI=1S/C11H14N4O2S3/c1-3-6-9(17)15(11(18)19-6)5-7(16)12-10-14-13-8(4-2)20-10/h6H,3-5H2,1-2H3,(H,12,14,16). The summed E-state index contributed by atoms with van der Waals surface area (Å²) in [7, 11) is 0. The van der Waals surface area contributed by atoms with Crippen LogP contribution in [0.5, 0.6) is 0 Å². The summed E-state index contributed by atoms with van der Waals surface area (Å²) in [6.45, 7) is 3.83. The number of amides is 2. The van der Waals surface area contributed by atoms with Gasteiger partial charge in [0, 0.05) is 0 Å². The first-order valence-corrected chi connectivity index (χ1v) is 8.29. The molecule has 1 aliphatic heterocycles. The van der Waals surface area contributed by atoms with Crippen LogP contribution in [0.1, 0.15) is 25.3 Å². The second-order valence-electron chi connectivity index (χ2n) is 4.11. The van der Waals surface area contributed by atoms with E-state index < -0.39 is 0 Å². The van der Waals surface area contributed by atoms with E-state index in [0.29, 0.717) is 15.9 Å². The molecule has 108 valence electrons. The number of thiocarbonyl (C=S) groups is 1. The summed E-state index contributed by atoms with van der Waals surface area (Å²) >= 11 is 7.80. The van der Waals surface area contributed by atoms with Crippen LogP contribution in [0.25, 0.3) is 0 Å². The molecule has 9 heteroatoms. The van der Waals surface area contributed by atoms with Gasteiger partial charge in [0.05, 0.1) is 5.25 Å². The van der Waals surface area contributed by atoms with Gasteiger partial charge in [0.2, 0.25) is 16.9 Å². The summed E-state index contributed by atoms with van der Waals surface area (Å²) in [5, 5.41) is 11.6. The van der Waals surface area contributed by atoms with Crippen molar-refractivity contribution in [1.29, 1.82) is 0 Å². The maximum atomic E-state index is 12.0. The number of thioether (sulfide) groups is 1. The highest BCUT2D eigenvalue weighted by Gasteiger charge is 2.36. The molecule has 2 heterocycles. The fourth-order valence-corrected chi connectivity index (χ4v) is 3.77. The molecular formula is C11H14N4O2S3. The molecule has 1 aromatic rings. The van der Waals surface area contributed by atoms with Gasteiger partial charge in [-0.1, -0.05) is 49.2 Å². The van der Waals surface area contributed by atoms with Crippen molar-refractivity contribution >= 4 is 56.6 Å². The zero-order chi connectivity index (χ0) is 14.7. The number of rotatable bonds is 5. The number of carbonyl (C=O) groups is 2. The highest BCUT2D eigenvalue weighted by Crippen LogP contribution is 2.29. The Morgan fingerprint density at radius 2 is 2.20 bits per heavy atom. The van der Waals surface area contributed by atoms with Gasteiger partial charge in [0.25, 0.3) is 0 Å². The lowest BCUT2D eigenvalue weighted by Crippen LogP contribution is -2.38. The third kappa shape index (κ3) is 3.33. The molecule has 0 radical (unpaired) electrons. The van der Waals surface area contributed by atoms with Crippen LogP contribution in [0.3, 0.4) is 0 Å². The van der Waals surface area contributed by atoms with Crippen LogP contribution >= 0.6 is 35.3 Å². The summed E-state index contributed by atoms with van der Waals surface area (Å²) in [6.07, 6.45) is 1.48. The van der Waals surface area contributed by atoms with Crippen molar-refractivity contribution in [3.05, 3.63) is 5.01 Å². The van der Waals surface area contributed by atoms with Crippen molar-refractivity contribution in [3.8, 4) is 0 Å². The predicted octanol–water partition coefficient (Wildman–Crippen LogP) is 1.68. The Morgan fingerprint density at radius 3 is 2.75 bits per heavy atom. The third-order valence-corrected chi connectivity index (χ3v) is 5.43. The van der Waals surface area contributed by atoms with Crippen LogP contribution in [0.4, 0.5) is 5.13 Å². The molecule has 1 aromatic heterocycles. The zero-order valence-electron chi connectivity index (χ0n) is 11.1. The van der Waals surface area contributed by atoms with Gasteiger partial charge in [0.15, 0.2) is 0 Å². The Morgan fingerprint density at radius 1 is 1.45 bits per heavy atom. The molecule has 0 aliphatic carbocycles. The first-order valence-electron chi connectivity index (χ1n) is 6.19. The van der Waals surface area contributed by atoms with Crippen molar-refractivity contribution in [3.63, 3.8) is 0 Å². The molecule has 1 fully saturated rings. The normalized spacial score (nSPS) is 18.7. The minimum absolute atomic E-state index is 0.0673. The minimum atomic E-state index is -0.308. The number of hydrogen-bond acceptors (Lipinski definition) is 7. The molecule has 1 atom stereocenters. The fraction of sp³-hybridized carbons (Fsp3) is 0.545. The van der Waals surface area contributed by atoms with Crippen LogP contribution in [-0.2, 0) is 16.0 Å². The topological polar surface area (TPSA) is 75.2 Å². The summed E-state index contributed by atoms with van der Waals surface area (Å²) < 4.78 is 0.462. The van der Waals surface area contributed by atoms with Gasteiger partial charge >= 0.3 is 0 Å². The lowest BCUT2D eigenvalue weighted by atomic mass is 10.3. The number of carbonyl (C=O) groups excluding carboxylic acids is 2. The largest absolute Gasteiger partial charge is 0.299 e. The molecule has 2 amide bonds. The van der Waals surface area contributed by atoms with Crippen molar-refractivity contribution in [2.45, 2.75) is 31.9 Å². The SMILES string of the molecule is CCc1nnc(NC(=O)CN2C(=O)C(CC)SC2=S)s1. The maximum absolute atomic E-state index is 12.0. The Kier molecular flexibility index (Phi) is 5.06. The lowest BCUT2D eigenvalue weighted by molar-refractivity contribution is -0.129. The second-order valence-corrected chi connectivity index (χ2v) is 7.01. The summed E-state index contributed by atoms with van der Waals surface area (Å²) in [5.41, 5.74) is 0. The maximum Gasteiger partial charge on any atom is 0.246 e. The van der Waals surface area contributed by atoms with Gasteiger partial charge in [-0.3, -0.25) is 19.8 Å². The molecule has 0 bridgehead atoms. The molecule has 0 aromatic carbocycles. The van der Waals surface area contributed by atoms with E-state index in [2.05, 4.69) is 15.5 Å². The Labute approximate surface area is 130 Å². The van der Waals surface area contributed by atoms with Gasteiger partial charge in [-0.05, 0) is 12.8 Å². The Balaban J connectivity index is 1.94. The first kappa shape index (κ1) is 15.3. The van der Waals surface area contributed by atoms with E-state index in [-0.39, 0.29) is 23.6 Å². The molecular weight excluding hydrogens is 316 g/mol. The number of aromatic nitrogens is 2. The summed E-state index contributed by atoms with van der Waals surface area (Å²) in [5.74, 6) is -0.402. The summed E-state index contributed by atoms with van der Waals surface area (Å²) in [4.78, 5) is 25.3. The molecule has 1 aliphatic rings. The second kappa shape index (κ2) is 6.59. The van der Waals surface area contributed by atoms with Crippen LogP contribution < -0.4 is 5.32 Å². The molecule has 2 rings (SSSR count). The Hall–Kier alpha value is -1.06. The average molecular weight is 330 g/mol. The van der Waals surface area contributed by atoms with E-state index >= 15 is 0 Å². The van der Waals surface area contributed by atoms with E-state index in [1.165, 1.54) is 28.0 Å². The molecule has 0 spiro atoms. The van der Waals surface area contributed by atoms with Gasteiger partial charge in [-0.15, -0.1) is 10.2 Å². The average Bonchev–Trinajstić information content (AvgIpc) is 2.98. The van der Waals surface area contributed by atoms with E-state index in [9.17, 15) is 9.59 Å². The highest BCUT2D eigenvalue weighted by molar-refractivity contribution is 8.24. The summed E-state index contributed by atoms with van der Waals surface area (Å²) in [6, 6.07) is 0. The van der Waals surface area contributed by atoms with Crippen molar-refractivity contribution in [2.75, 3.05) is 11.9 Å². The third-order valence-electron chi connectivity index (χ3n) is 2.69. The van der Waals surface area contributed by atoms with Gasteiger partial charge in [-0.2, -0.15) is 0 Å². The molecule has 1 unspecified atom stereocenters. The lowest BCUT2D eigenvalue weighted by Gasteiger charge is -2.14. The van der Waals surface area contributed by atoms with Crippen LogP contribution in [0.2, 0.25) is 0 Å². The van der Waals surface area contributed by atoms with Crippen LogP contribution in [0, 0.1) is 0 Å². The van der Waals surface area contributed by atoms with Gasteiger partial charge < -0.3 is 0 Å². The molecule has 1 N–H and O–H groups in total. The van der Waals surface area contributed by atoms with Gasteiger partial charge in [0.1, 0.15) is 15.9 Å². The number of aryl methyl sites for hydroxylation is 1. The fourth-order valence-electron chi connectivity index (χ4n) is 1.65. The van der Waals surface area contributed by atoms with Crippen molar-refractivity contribution in [2.24, 2.45) is 0 Å². The first-order chi connectivity index (χ1) is 9.55. The number of nitrogens with one attached hydrogen (secondary N) is 1. The number of nitrogens with zero attached hydrogens (tertiary/aromatic N) is 3. The van der Waals surface area contributed by atoms with E-state index in [0.717, 1.165) is 11.4 Å².